The Labute approximate surface area is 171 Å². The van der Waals surface area contributed by atoms with Crippen molar-refractivity contribution in [3.05, 3.63) is 95.3 Å². The van der Waals surface area contributed by atoms with Crippen molar-refractivity contribution in [2.75, 3.05) is 0 Å². The Bertz CT molecular complexity index is 1120. The van der Waals surface area contributed by atoms with Gasteiger partial charge in [-0.1, -0.05) is 36.4 Å². The molecular formula is C27H26FN. The number of hydrogen-bond acceptors (Lipinski definition) is 0. The summed E-state index contributed by atoms with van der Waals surface area (Å²) in [7, 11) is 0. The van der Waals surface area contributed by atoms with Crippen molar-refractivity contribution in [2.24, 2.45) is 5.92 Å². The molecule has 0 bridgehead atoms. The second-order valence-electron chi connectivity index (χ2n) is 8.50. The predicted octanol–water partition coefficient (Wildman–Crippen LogP) is 7.41. The standard InChI is InChI=1S/C27H26FN/c1-18-25-17-23(22-8-7-20(16-22)15-19-5-3-2-4-6-19)11-14-26(25)29-27(18)21-9-12-24(28)13-10-21/h2-6,9-14,17,20,22,29H,7-8,15-16H2,1H3. The van der Waals surface area contributed by atoms with Gasteiger partial charge in [0.05, 0.1) is 0 Å². The Balaban J connectivity index is 1.39. The first-order chi connectivity index (χ1) is 14.2. The summed E-state index contributed by atoms with van der Waals surface area (Å²) in [4.78, 5) is 3.54. The van der Waals surface area contributed by atoms with Crippen LogP contribution in [-0.4, -0.2) is 4.98 Å². The summed E-state index contributed by atoms with van der Waals surface area (Å²) in [6.07, 6.45) is 5.05. The summed E-state index contributed by atoms with van der Waals surface area (Å²) in [6, 6.07) is 24.5. The predicted molar refractivity (Wildman–Crippen MR) is 119 cm³/mol. The van der Waals surface area contributed by atoms with Gasteiger partial charge in [0.25, 0.3) is 0 Å². The quantitative estimate of drug-likeness (QED) is 0.378. The lowest BCUT2D eigenvalue weighted by Crippen LogP contribution is -2.00. The first-order valence-corrected chi connectivity index (χ1v) is 10.6. The molecule has 1 heterocycles. The summed E-state index contributed by atoms with van der Waals surface area (Å²) in [5.41, 5.74) is 7.44. The van der Waals surface area contributed by atoms with Gasteiger partial charge in [0.2, 0.25) is 0 Å². The topological polar surface area (TPSA) is 15.8 Å². The van der Waals surface area contributed by atoms with Crippen molar-refractivity contribution in [1.29, 1.82) is 0 Å². The number of aromatic amines is 1. The van der Waals surface area contributed by atoms with Crippen molar-refractivity contribution in [3.8, 4) is 11.3 Å². The zero-order chi connectivity index (χ0) is 19.8. The van der Waals surface area contributed by atoms with Crippen LogP contribution in [0.25, 0.3) is 22.2 Å². The average Bonchev–Trinajstić information content (AvgIpc) is 3.34. The third-order valence-electron chi connectivity index (χ3n) is 6.60. The van der Waals surface area contributed by atoms with Gasteiger partial charge in [0.15, 0.2) is 0 Å². The van der Waals surface area contributed by atoms with Crippen LogP contribution in [0, 0.1) is 18.7 Å². The molecule has 1 N–H and O–H groups in total. The van der Waals surface area contributed by atoms with Gasteiger partial charge in [-0.25, -0.2) is 4.39 Å². The van der Waals surface area contributed by atoms with E-state index in [1.54, 1.807) is 0 Å². The Morgan fingerprint density at radius 2 is 1.72 bits per heavy atom. The fraction of sp³-hybridized carbons (Fsp3) is 0.259. The number of aryl methyl sites for hydroxylation is 1. The van der Waals surface area contributed by atoms with Crippen molar-refractivity contribution in [3.63, 3.8) is 0 Å². The van der Waals surface area contributed by atoms with E-state index in [0.29, 0.717) is 5.92 Å². The third-order valence-corrected chi connectivity index (χ3v) is 6.60. The molecule has 1 aromatic heterocycles. The van der Waals surface area contributed by atoms with Crippen molar-refractivity contribution in [2.45, 2.75) is 38.5 Å². The van der Waals surface area contributed by atoms with Gasteiger partial charge < -0.3 is 4.98 Å². The maximum absolute atomic E-state index is 13.3. The molecule has 0 radical (unpaired) electrons. The third kappa shape index (κ3) is 3.60. The highest BCUT2D eigenvalue weighted by Gasteiger charge is 2.26. The molecule has 1 aliphatic carbocycles. The van der Waals surface area contributed by atoms with Gasteiger partial charge in [-0.15, -0.1) is 0 Å². The first-order valence-electron chi connectivity index (χ1n) is 10.6. The number of halogens is 1. The molecule has 0 amide bonds. The van der Waals surface area contributed by atoms with Crippen LogP contribution in [-0.2, 0) is 6.42 Å². The lowest BCUT2D eigenvalue weighted by Gasteiger charge is -2.12. The Hall–Kier alpha value is -2.87. The highest BCUT2D eigenvalue weighted by molar-refractivity contribution is 5.91. The van der Waals surface area contributed by atoms with Crippen LogP contribution in [0.4, 0.5) is 4.39 Å². The van der Waals surface area contributed by atoms with Gasteiger partial charge in [-0.2, -0.15) is 0 Å². The zero-order valence-electron chi connectivity index (χ0n) is 16.8. The molecule has 3 aromatic carbocycles. The number of benzene rings is 3. The number of nitrogens with one attached hydrogen (secondary N) is 1. The summed E-state index contributed by atoms with van der Waals surface area (Å²) in [5, 5.41) is 1.29. The molecule has 1 saturated carbocycles. The average molecular weight is 384 g/mol. The fourth-order valence-corrected chi connectivity index (χ4v) is 5.01. The molecule has 4 aromatic rings. The SMILES string of the molecule is Cc1c(-c2ccc(F)cc2)[nH]c2ccc(C3CCC(Cc4ccccc4)C3)cc12. The number of rotatable bonds is 4. The number of hydrogen-bond donors (Lipinski definition) is 1. The minimum Gasteiger partial charge on any atom is -0.354 e. The van der Waals surface area contributed by atoms with Gasteiger partial charge in [-0.3, -0.25) is 0 Å². The molecule has 2 heteroatoms. The monoisotopic (exact) mass is 383 g/mol. The highest BCUT2D eigenvalue weighted by atomic mass is 19.1. The number of fused-ring (bicyclic) bond motifs is 1. The molecule has 1 nitrogen and oxygen atoms in total. The highest BCUT2D eigenvalue weighted by Crippen LogP contribution is 2.41. The normalized spacial score (nSPS) is 19.1. The van der Waals surface area contributed by atoms with Crippen LogP contribution < -0.4 is 0 Å². The lowest BCUT2D eigenvalue weighted by atomic mass is 9.92. The summed E-state index contributed by atoms with van der Waals surface area (Å²) in [5.74, 6) is 1.23. The van der Waals surface area contributed by atoms with Crippen LogP contribution in [0.3, 0.4) is 0 Å². The largest absolute Gasteiger partial charge is 0.354 e. The Morgan fingerprint density at radius 1 is 0.931 bits per heavy atom. The fourth-order valence-electron chi connectivity index (χ4n) is 5.01. The Morgan fingerprint density at radius 3 is 2.52 bits per heavy atom. The summed E-state index contributed by atoms with van der Waals surface area (Å²) < 4.78 is 13.3. The van der Waals surface area contributed by atoms with E-state index < -0.39 is 0 Å². The minimum absolute atomic E-state index is 0.198. The van der Waals surface area contributed by atoms with E-state index >= 15 is 0 Å². The smallest absolute Gasteiger partial charge is 0.123 e. The number of aromatic nitrogens is 1. The minimum atomic E-state index is -0.198. The molecule has 2 atom stereocenters. The van der Waals surface area contributed by atoms with E-state index in [1.807, 2.05) is 12.1 Å². The second kappa shape index (κ2) is 7.51. The van der Waals surface area contributed by atoms with E-state index in [4.69, 9.17) is 0 Å². The molecule has 1 aliphatic rings. The molecule has 1 fully saturated rings. The second-order valence-corrected chi connectivity index (χ2v) is 8.50. The Kier molecular flexibility index (Phi) is 4.71. The van der Waals surface area contributed by atoms with Crippen molar-refractivity contribution in [1.82, 2.24) is 4.98 Å². The zero-order valence-corrected chi connectivity index (χ0v) is 16.8. The van der Waals surface area contributed by atoms with Gasteiger partial charge >= 0.3 is 0 Å². The molecule has 2 unspecified atom stereocenters. The maximum atomic E-state index is 13.3. The van der Waals surface area contributed by atoms with E-state index in [1.165, 1.54) is 59.9 Å². The molecule has 0 spiro atoms. The van der Waals surface area contributed by atoms with Crippen LogP contribution in [0.15, 0.2) is 72.8 Å². The van der Waals surface area contributed by atoms with Crippen LogP contribution in [0.1, 0.15) is 41.9 Å². The summed E-state index contributed by atoms with van der Waals surface area (Å²) >= 11 is 0. The molecular weight excluding hydrogens is 357 g/mol. The van der Waals surface area contributed by atoms with Gasteiger partial charge in [0.1, 0.15) is 5.82 Å². The van der Waals surface area contributed by atoms with E-state index in [0.717, 1.165) is 22.7 Å². The van der Waals surface area contributed by atoms with Crippen LogP contribution in [0.5, 0.6) is 0 Å². The van der Waals surface area contributed by atoms with E-state index in [-0.39, 0.29) is 5.82 Å². The molecule has 146 valence electrons. The van der Waals surface area contributed by atoms with Crippen molar-refractivity contribution < 1.29 is 4.39 Å². The van der Waals surface area contributed by atoms with E-state index in [9.17, 15) is 4.39 Å². The van der Waals surface area contributed by atoms with E-state index in [2.05, 4.69) is 60.4 Å². The van der Waals surface area contributed by atoms with Crippen molar-refractivity contribution >= 4 is 10.9 Å². The van der Waals surface area contributed by atoms with Crippen LogP contribution in [0.2, 0.25) is 0 Å². The molecule has 0 aliphatic heterocycles. The van der Waals surface area contributed by atoms with Crippen LogP contribution >= 0.6 is 0 Å². The number of H-pyrrole nitrogens is 1. The molecule has 0 saturated heterocycles. The summed E-state index contributed by atoms with van der Waals surface area (Å²) in [6.45, 7) is 2.16. The molecule has 29 heavy (non-hydrogen) atoms. The van der Waals surface area contributed by atoms with Gasteiger partial charge in [-0.05, 0) is 103 Å². The lowest BCUT2D eigenvalue weighted by molar-refractivity contribution is 0.536. The molecule has 5 rings (SSSR count). The first kappa shape index (κ1) is 18.2. The van der Waals surface area contributed by atoms with Gasteiger partial charge in [0, 0.05) is 16.6 Å². The maximum Gasteiger partial charge on any atom is 0.123 e.